The Hall–Kier alpha value is -2.92. The fourth-order valence-corrected chi connectivity index (χ4v) is 4.62. The number of carbonyl (C=O) groups excluding carboxylic acids is 2. The van der Waals surface area contributed by atoms with Gasteiger partial charge >= 0.3 is 6.03 Å². The van der Waals surface area contributed by atoms with Gasteiger partial charge in [-0.15, -0.1) is 0 Å². The number of nitrogens with zero attached hydrogens (tertiary/aromatic N) is 1. The average molecular weight is 405 g/mol. The van der Waals surface area contributed by atoms with Gasteiger partial charge in [0, 0.05) is 6.42 Å². The van der Waals surface area contributed by atoms with Gasteiger partial charge in [-0.3, -0.25) is 4.79 Å². The van der Waals surface area contributed by atoms with E-state index in [1.807, 2.05) is 36.4 Å². The van der Waals surface area contributed by atoms with Gasteiger partial charge in [-0.05, 0) is 35.1 Å². The second-order valence-electron chi connectivity index (χ2n) is 8.74. The van der Waals surface area contributed by atoms with Crippen molar-refractivity contribution >= 4 is 17.5 Å². The van der Waals surface area contributed by atoms with Crippen molar-refractivity contribution in [2.24, 2.45) is 5.92 Å². The standard InChI is InChI=1S/C25H29N3O2/c1-19(2)17-25(22-11-7-4-8-12-22)23(29)28(24(30)26-25)18-27-15-13-21(14-16-27)20-9-5-3-6-10-20/h3-13,19H,14-18H2,1-2H3,(H,26,30)/p+1/t25-/m0/s1. The van der Waals surface area contributed by atoms with Crippen LogP contribution >= 0.6 is 0 Å². The van der Waals surface area contributed by atoms with Crippen molar-refractivity contribution in [3.05, 3.63) is 77.9 Å². The second kappa shape index (κ2) is 8.44. The number of hydrogen-bond donors (Lipinski definition) is 2. The van der Waals surface area contributed by atoms with Crippen molar-refractivity contribution in [1.29, 1.82) is 0 Å². The molecule has 0 bridgehead atoms. The van der Waals surface area contributed by atoms with E-state index in [4.69, 9.17) is 0 Å². The van der Waals surface area contributed by atoms with Crippen LogP contribution in [0.1, 0.15) is 37.8 Å². The lowest BCUT2D eigenvalue weighted by Crippen LogP contribution is -3.14. The van der Waals surface area contributed by atoms with Gasteiger partial charge in [0.15, 0.2) is 6.67 Å². The molecule has 30 heavy (non-hydrogen) atoms. The molecule has 1 fully saturated rings. The first-order valence-corrected chi connectivity index (χ1v) is 10.8. The van der Waals surface area contributed by atoms with E-state index in [0.717, 1.165) is 25.1 Å². The fourth-order valence-electron chi connectivity index (χ4n) is 4.62. The number of nitrogens with one attached hydrogen (secondary N) is 2. The molecule has 0 aliphatic carbocycles. The topological polar surface area (TPSA) is 53.9 Å². The highest BCUT2D eigenvalue weighted by molar-refractivity contribution is 6.07. The normalized spacial score (nSPS) is 24.2. The van der Waals surface area contributed by atoms with Crippen LogP contribution in [0.25, 0.3) is 5.57 Å². The number of carbonyl (C=O) groups is 2. The van der Waals surface area contributed by atoms with E-state index in [2.05, 4.69) is 49.5 Å². The number of rotatable bonds is 6. The zero-order valence-electron chi connectivity index (χ0n) is 17.7. The van der Waals surface area contributed by atoms with Crippen LogP contribution in [0.4, 0.5) is 4.79 Å². The van der Waals surface area contributed by atoms with E-state index >= 15 is 0 Å². The van der Waals surface area contributed by atoms with Crippen molar-refractivity contribution in [3.63, 3.8) is 0 Å². The summed E-state index contributed by atoms with van der Waals surface area (Å²) in [5.41, 5.74) is 2.49. The molecule has 2 aliphatic heterocycles. The Bertz CT molecular complexity index is 939. The average Bonchev–Trinajstić information content (AvgIpc) is 3.00. The Morgan fingerprint density at radius 1 is 1.03 bits per heavy atom. The zero-order chi connectivity index (χ0) is 21.1. The van der Waals surface area contributed by atoms with Crippen molar-refractivity contribution in [2.45, 2.75) is 32.2 Å². The van der Waals surface area contributed by atoms with Gasteiger partial charge in [-0.1, -0.05) is 74.5 Å². The van der Waals surface area contributed by atoms with Gasteiger partial charge in [-0.25, -0.2) is 9.69 Å². The Labute approximate surface area is 178 Å². The highest BCUT2D eigenvalue weighted by Crippen LogP contribution is 2.34. The molecule has 2 aliphatic rings. The molecule has 156 valence electrons. The van der Waals surface area contributed by atoms with E-state index in [1.165, 1.54) is 20.9 Å². The Kier molecular flexibility index (Phi) is 5.73. The van der Waals surface area contributed by atoms with E-state index in [1.54, 1.807) is 0 Å². The maximum Gasteiger partial charge on any atom is 0.329 e. The van der Waals surface area contributed by atoms with Crippen molar-refractivity contribution in [2.75, 3.05) is 19.8 Å². The van der Waals surface area contributed by atoms with Gasteiger partial charge in [0.1, 0.15) is 5.54 Å². The van der Waals surface area contributed by atoms with Crippen LogP contribution < -0.4 is 10.2 Å². The molecular weight excluding hydrogens is 374 g/mol. The Morgan fingerprint density at radius 3 is 2.30 bits per heavy atom. The molecule has 2 aromatic carbocycles. The van der Waals surface area contributed by atoms with Crippen LogP contribution in [-0.4, -0.2) is 36.6 Å². The lowest BCUT2D eigenvalue weighted by atomic mass is 9.82. The minimum atomic E-state index is -0.966. The van der Waals surface area contributed by atoms with E-state index in [-0.39, 0.29) is 17.9 Å². The molecule has 5 nitrogen and oxygen atoms in total. The number of benzene rings is 2. The molecule has 5 heteroatoms. The predicted molar refractivity (Wildman–Crippen MR) is 118 cm³/mol. The largest absolute Gasteiger partial charge is 0.329 e. The number of quaternary nitrogens is 1. The van der Waals surface area contributed by atoms with Gasteiger partial charge in [0.2, 0.25) is 0 Å². The van der Waals surface area contributed by atoms with E-state index in [0.29, 0.717) is 13.1 Å². The van der Waals surface area contributed by atoms with Crippen LogP contribution in [0.2, 0.25) is 0 Å². The van der Waals surface area contributed by atoms with Crippen LogP contribution in [0, 0.1) is 5.92 Å². The third-order valence-electron chi connectivity index (χ3n) is 6.07. The summed E-state index contributed by atoms with van der Waals surface area (Å²) in [5.74, 6) is 0.144. The molecular formula is C25H30N3O2+. The molecule has 2 heterocycles. The fraction of sp³-hybridized carbons (Fsp3) is 0.360. The first-order chi connectivity index (χ1) is 14.5. The molecule has 0 saturated carbocycles. The van der Waals surface area contributed by atoms with Crippen LogP contribution in [-0.2, 0) is 10.3 Å². The van der Waals surface area contributed by atoms with E-state index < -0.39 is 5.54 Å². The number of imide groups is 1. The summed E-state index contributed by atoms with van der Waals surface area (Å²) < 4.78 is 0. The zero-order valence-corrected chi connectivity index (χ0v) is 17.7. The summed E-state index contributed by atoms with van der Waals surface area (Å²) >= 11 is 0. The number of urea groups is 1. The lowest BCUT2D eigenvalue weighted by Gasteiger charge is -2.30. The smallest absolute Gasteiger partial charge is 0.319 e. The minimum Gasteiger partial charge on any atom is -0.319 e. The maximum atomic E-state index is 13.5. The summed E-state index contributed by atoms with van der Waals surface area (Å²) in [4.78, 5) is 29.1. The highest BCUT2D eigenvalue weighted by atomic mass is 16.2. The summed E-state index contributed by atoms with van der Waals surface area (Å²) in [6.07, 6.45) is 3.77. The SMILES string of the molecule is CC(C)C[C@@]1(c2ccccc2)NC(=O)N(C[NH+]2CC=C(c3ccccc3)CC2)C1=O. The van der Waals surface area contributed by atoms with Crippen LogP contribution in [0.15, 0.2) is 66.7 Å². The summed E-state index contributed by atoms with van der Waals surface area (Å²) in [5, 5.41) is 3.05. The third kappa shape index (κ3) is 3.90. The summed E-state index contributed by atoms with van der Waals surface area (Å²) in [6, 6.07) is 19.8. The summed E-state index contributed by atoms with van der Waals surface area (Å²) in [6.45, 7) is 6.27. The van der Waals surface area contributed by atoms with Gasteiger partial charge in [-0.2, -0.15) is 0 Å². The molecule has 0 spiro atoms. The van der Waals surface area contributed by atoms with Crippen LogP contribution in [0.3, 0.4) is 0 Å². The van der Waals surface area contributed by atoms with Crippen molar-refractivity contribution in [1.82, 2.24) is 10.2 Å². The molecule has 2 aromatic rings. The highest BCUT2D eigenvalue weighted by Gasteiger charge is 2.53. The molecule has 4 rings (SSSR count). The Morgan fingerprint density at radius 2 is 1.70 bits per heavy atom. The molecule has 3 amide bonds. The third-order valence-corrected chi connectivity index (χ3v) is 6.07. The van der Waals surface area contributed by atoms with E-state index in [9.17, 15) is 9.59 Å². The molecule has 1 unspecified atom stereocenters. The predicted octanol–water partition coefficient (Wildman–Crippen LogP) is 2.81. The molecule has 0 aromatic heterocycles. The number of amides is 3. The second-order valence-corrected chi connectivity index (χ2v) is 8.74. The molecule has 1 saturated heterocycles. The Balaban J connectivity index is 1.51. The maximum absolute atomic E-state index is 13.5. The van der Waals surface area contributed by atoms with Crippen molar-refractivity contribution in [3.8, 4) is 0 Å². The molecule has 0 radical (unpaired) electrons. The van der Waals surface area contributed by atoms with Crippen molar-refractivity contribution < 1.29 is 14.5 Å². The van der Waals surface area contributed by atoms with Crippen LogP contribution in [0.5, 0.6) is 0 Å². The summed E-state index contributed by atoms with van der Waals surface area (Å²) in [7, 11) is 0. The minimum absolute atomic E-state index is 0.127. The van der Waals surface area contributed by atoms with Gasteiger partial charge in [0.05, 0.1) is 13.1 Å². The molecule has 2 N–H and O–H groups in total. The first-order valence-electron chi connectivity index (χ1n) is 10.8. The van der Waals surface area contributed by atoms with Gasteiger partial charge < -0.3 is 10.2 Å². The number of hydrogen-bond acceptors (Lipinski definition) is 2. The molecule has 2 atom stereocenters. The first kappa shape index (κ1) is 20.4. The quantitative estimate of drug-likeness (QED) is 0.728. The lowest BCUT2D eigenvalue weighted by molar-refractivity contribution is -0.902. The van der Waals surface area contributed by atoms with Gasteiger partial charge in [0.25, 0.3) is 5.91 Å². The monoisotopic (exact) mass is 404 g/mol.